The van der Waals surface area contributed by atoms with Gasteiger partial charge in [0.25, 0.3) is 0 Å². The van der Waals surface area contributed by atoms with Gasteiger partial charge in [-0.25, -0.2) is 0 Å². The Labute approximate surface area is 128 Å². The molecule has 116 valence electrons. The molecule has 3 atom stereocenters. The van der Waals surface area contributed by atoms with E-state index in [0.717, 1.165) is 13.1 Å². The summed E-state index contributed by atoms with van der Waals surface area (Å²) in [5.74, 6) is 0.474. The highest BCUT2D eigenvalue weighted by atomic mass is 16.3. The smallest absolute Gasteiger partial charge is 0.0474 e. The molecular formula is C18H28N2O. The van der Waals surface area contributed by atoms with Crippen molar-refractivity contribution in [2.24, 2.45) is 5.92 Å². The molecule has 1 saturated carbocycles. The molecule has 0 spiro atoms. The van der Waals surface area contributed by atoms with Crippen molar-refractivity contribution in [3.63, 3.8) is 0 Å². The third-order valence-electron chi connectivity index (χ3n) is 5.11. The Morgan fingerprint density at radius 1 is 1.10 bits per heavy atom. The first-order valence-corrected chi connectivity index (χ1v) is 8.48. The van der Waals surface area contributed by atoms with E-state index < -0.39 is 0 Å². The molecular weight excluding hydrogens is 260 g/mol. The topological polar surface area (TPSA) is 35.5 Å². The molecule has 0 amide bonds. The van der Waals surface area contributed by atoms with Gasteiger partial charge in [0, 0.05) is 38.3 Å². The number of nitrogens with zero attached hydrogens (tertiary/aromatic N) is 1. The molecule has 0 radical (unpaired) electrons. The second kappa shape index (κ2) is 7.39. The standard InChI is InChI=1S/C18H28N2O/c21-14-16-8-4-5-9-18(16)19-17-10-11-20(13-17)12-15-6-2-1-3-7-15/h1-3,6-7,16-19,21H,4-5,8-14H2. The zero-order valence-corrected chi connectivity index (χ0v) is 12.9. The molecule has 1 aliphatic heterocycles. The molecule has 1 heterocycles. The Morgan fingerprint density at radius 3 is 2.71 bits per heavy atom. The van der Waals surface area contributed by atoms with Crippen LogP contribution in [0.2, 0.25) is 0 Å². The Bertz CT molecular complexity index is 422. The zero-order chi connectivity index (χ0) is 14.5. The minimum absolute atomic E-state index is 0.345. The van der Waals surface area contributed by atoms with Gasteiger partial charge in [-0.3, -0.25) is 4.90 Å². The van der Waals surface area contributed by atoms with Gasteiger partial charge >= 0.3 is 0 Å². The van der Waals surface area contributed by atoms with E-state index in [4.69, 9.17) is 0 Å². The second-order valence-electron chi connectivity index (χ2n) is 6.71. The lowest BCUT2D eigenvalue weighted by Crippen LogP contribution is -2.46. The number of hydrogen-bond acceptors (Lipinski definition) is 3. The number of rotatable bonds is 5. The highest BCUT2D eigenvalue weighted by molar-refractivity contribution is 5.14. The van der Waals surface area contributed by atoms with Crippen LogP contribution in [0.15, 0.2) is 30.3 Å². The van der Waals surface area contributed by atoms with Gasteiger partial charge in [0.2, 0.25) is 0 Å². The van der Waals surface area contributed by atoms with Crippen LogP contribution in [0, 0.1) is 5.92 Å². The monoisotopic (exact) mass is 288 g/mol. The van der Waals surface area contributed by atoms with Crippen molar-refractivity contribution in [3.05, 3.63) is 35.9 Å². The van der Waals surface area contributed by atoms with Crippen LogP contribution in [0.1, 0.15) is 37.7 Å². The first kappa shape index (κ1) is 15.0. The van der Waals surface area contributed by atoms with Crippen molar-refractivity contribution in [1.82, 2.24) is 10.2 Å². The third kappa shape index (κ3) is 4.06. The Kier molecular flexibility index (Phi) is 5.28. The number of benzene rings is 1. The van der Waals surface area contributed by atoms with Gasteiger partial charge in [0.15, 0.2) is 0 Å². The van der Waals surface area contributed by atoms with Crippen molar-refractivity contribution >= 4 is 0 Å². The maximum absolute atomic E-state index is 9.53. The number of hydrogen-bond donors (Lipinski definition) is 2. The van der Waals surface area contributed by atoms with Crippen LogP contribution < -0.4 is 5.32 Å². The summed E-state index contributed by atoms with van der Waals surface area (Å²) in [5.41, 5.74) is 1.41. The van der Waals surface area contributed by atoms with Gasteiger partial charge in [-0.05, 0) is 30.7 Å². The summed E-state index contributed by atoms with van der Waals surface area (Å²) >= 11 is 0. The first-order chi connectivity index (χ1) is 10.3. The van der Waals surface area contributed by atoms with Crippen molar-refractivity contribution in [1.29, 1.82) is 0 Å². The molecule has 1 aromatic carbocycles. The Hall–Kier alpha value is -0.900. The summed E-state index contributed by atoms with van der Waals surface area (Å²) in [6.07, 6.45) is 6.26. The van der Waals surface area contributed by atoms with E-state index in [2.05, 4.69) is 40.5 Å². The summed E-state index contributed by atoms with van der Waals surface area (Å²) in [7, 11) is 0. The van der Waals surface area contributed by atoms with Crippen LogP contribution in [-0.2, 0) is 6.54 Å². The van der Waals surface area contributed by atoms with E-state index in [-0.39, 0.29) is 0 Å². The van der Waals surface area contributed by atoms with Crippen molar-refractivity contribution in [2.75, 3.05) is 19.7 Å². The number of likely N-dealkylation sites (tertiary alicyclic amines) is 1. The summed E-state index contributed by atoms with van der Waals surface area (Å²) in [6.45, 7) is 3.73. The molecule has 1 aromatic rings. The van der Waals surface area contributed by atoms with E-state index in [0.29, 0.717) is 24.6 Å². The number of aliphatic hydroxyl groups is 1. The van der Waals surface area contributed by atoms with E-state index in [1.54, 1.807) is 0 Å². The van der Waals surface area contributed by atoms with E-state index in [1.165, 1.54) is 44.2 Å². The highest BCUT2D eigenvalue weighted by Crippen LogP contribution is 2.25. The predicted molar refractivity (Wildman–Crippen MR) is 86.1 cm³/mol. The number of nitrogens with one attached hydrogen (secondary N) is 1. The highest BCUT2D eigenvalue weighted by Gasteiger charge is 2.29. The minimum atomic E-state index is 0.345. The SMILES string of the molecule is OCC1CCCCC1NC1CCN(Cc2ccccc2)C1. The fraction of sp³-hybridized carbons (Fsp3) is 0.667. The maximum atomic E-state index is 9.53. The fourth-order valence-corrected chi connectivity index (χ4v) is 3.90. The molecule has 2 N–H and O–H groups in total. The molecule has 1 aliphatic carbocycles. The molecule has 2 fully saturated rings. The van der Waals surface area contributed by atoms with Crippen LogP contribution in [0.3, 0.4) is 0 Å². The molecule has 0 aromatic heterocycles. The molecule has 3 rings (SSSR count). The third-order valence-corrected chi connectivity index (χ3v) is 5.11. The lowest BCUT2D eigenvalue weighted by atomic mass is 9.84. The van der Waals surface area contributed by atoms with Crippen LogP contribution in [0.25, 0.3) is 0 Å². The van der Waals surface area contributed by atoms with Gasteiger partial charge in [-0.2, -0.15) is 0 Å². The van der Waals surface area contributed by atoms with Crippen molar-refractivity contribution < 1.29 is 5.11 Å². The molecule has 1 saturated heterocycles. The Morgan fingerprint density at radius 2 is 1.90 bits per heavy atom. The minimum Gasteiger partial charge on any atom is -0.396 e. The normalized spacial score (nSPS) is 30.6. The van der Waals surface area contributed by atoms with Crippen molar-refractivity contribution in [3.8, 4) is 0 Å². The van der Waals surface area contributed by atoms with E-state index in [1.807, 2.05) is 0 Å². The summed E-state index contributed by atoms with van der Waals surface area (Å²) in [5, 5.41) is 13.4. The quantitative estimate of drug-likeness (QED) is 0.873. The van der Waals surface area contributed by atoms with Gasteiger partial charge < -0.3 is 10.4 Å². The molecule has 0 bridgehead atoms. The summed E-state index contributed by atoms with van der Waals surface area (Å²) in [4.78, 5) is 2.55. The fourth-order valence-electron chi connectivity index (χ4n) is 3.90. The van der Waals surface area contributed by atoms with Crippen molar-refractivity contribution in [2.45, 2.75) is 50.7 Å². The van der Waals surface area contributed by atoms with Crippen LogP contribution >= 0.6 is 0 Å². The molecule has 2 aliphatic rings. The molecule has 21 heavy (non-hydrogen) atoms. The van der Waals surface area contributed by atoms with Gasteiger partial charge in [0.05, 0.1) is 0 Å². The lowest BCUT2D eigenvalue weighted by molar-refractivity contribution is 0.145. The molecule has 3 heteroatoms. The van der Waals surface area contributed by atoms with E-state index in [9.17, 15) is 5.11 Å². The molecule has 3 nitrogen and oxygen atoms in total. The number of aliphatic hydroxyl groups excluding tert-OH is 1. The Balaban J connectivity index is 1.48. The predicted octanol–water partition coefficient (Wildman–Crippen LogP) is 2.40. The van der Waals surface area contributed by atoms with Crippen LogP contribution in [-0.4, -0.2) is 41.8 Å². The molecule has 3 unspecified atom stereocenters. The van der Waals surface area contributed by atoms with Crippen LogP contribution in [0.5, 0.6) is 0 Å². The van der Waals surface area contributed by atoms with Gasteiger partial charge in [-0.1, -0.05) is 43.2 Å². The second-order valence-corrected chi connectivity index (χ2v) is 6.71. The van der Waals surface area contributed by atoms with Crippen LogP contribution in [0.4, 0.5) is 0 Å². The average Bonchev–Trinajstić information content (AvgIpc) is 2.96. The summed E-state index contributed by atoms with van der Waals surface area (Å²) in [6, 6.07) is 11.9. The first-order valence-electron chi connectivity index (χ1n) is 8.48. The zero-order valence-electron chi connectivity index (χ0n) is 12.9. The van der Waals surface area contributed by atoms with E-state index >= 15 is 0 Å². The largest absolute Gasteiger partial charge is 0.396 e. The summed E-state index contributed by atoms with van der Waals surface area (Å²) < 4.78 is 0. The van der Waals surface area contributed by atoms with Gasteiger partial charge in [-0.15, -0.1) is 0 Å². The maximum Gasteiger partial charge on any atom is 0.0474 e. The van der Waals surface area contributed by atoms with Gasteiger partial charge in [0.1, 0.15) is 0 Å². The lowest BCUT2D eigenvalue weighted by Gasteiger charge is -2.33. The average molecular weight is 288 g/mol.